The van der Waals surface area contributed by atoms with E-state index >= 15 is 0 Å². The Morgan fingerprint density at radius 3 is 0.976 bits per heavy atom. The summed E-state index contributed by atoms with van der Waals surface area (Å²) < 4.78 is 33.1. The number of carbonyl (C=O) groups excluding carboxylic acids is 2. The van der Waals surface area contributed by atoms with Crippen LogP contribution in [0.3, 0.4) is 0 Å². The first-order valence-corrected chi connectivity index (χ1v) is 35.7. The van der Waals surface area contributed by atoms with Gasteiger partial charge < -0.3 is 20.1 Å². The molecule has 0 rings (SSSR count). The Kier molecular flexibility index (Phi) is 65.1. The smallest absolute Gasteiger partial charge is 0.462 e. The second kappa shape index (κ2) is 68.3. The molecular formula is C74H126NO8P. The average molecular weight is 1190 g/mol. The molecule has 10 heteroatoms. The number of phosphoric acid groups is 1. The van der Waals surface area contributed by atoms with Crippen molar-refractivity contribution >= 4 is 19.8 Å². The van der Waals surface area contributed by atoms with E-state index in [-0.39, 0.29) is 38.6 Å². The summed E-state index contributed by atoms with van der Waals surface area (Å²) >= 11 is 0. The third kappa shape index (κ3) is 67.3. The molecule has 480 valence electrons. The maximum Gasteiger partial charge on any atom is 0.472 e. The maximum absolute atomic E-state index is 12.7. The fourth-order valence-corrected chi connectivity index (χ4v) is 10.1. The van der Waals surface area contributed by atoms with Crippen LogP contribution in [-0.4, -0.2) is 49.3 Å². The number of phosphoric ester groups is 1. The predicted octanol–water partition coefficient (Wildman–Crippen LogP) is 22.5. The van der Waals surface area contributed by atoms with Gasteiger partial charge in [0.2, 0.25) is 0 Å². The van der Waals surface area contributed by atoms with E-state index in [0.29, 0.717) is 6.42 Å². The molecule has 3 N–H and O–H groups in total. The van der Waals surface area contributed by atoms with Gasteiger partial charge in [-0.15, -0.1) is 0 Å². The summed E-state index contributed by atoms with van der Waals surface area (Å²) in [5.74, 6) is -0.848. The van der Waals surface area contributed by atoms with Crippen LogP contribution in [-0.2, 0) is 32.7 Å². The van der Waals surface area contributed by atoms with Crippen molar-refractivity contribution in [1.29, 1.82) is 0 Å². The lowest BCUT2D eigenvalue weighted by atomic mass is 10.0. The normalized spacial score (nSPS) is 13.8. The van der Waals surface area contributed by atoms with Crippen molar-refractivity contribution in [3.05, 3.63) is 134 Å². The Morgan fingerprint density at radius 1 is 0.369 bits per heavy atom. The Morgan fingerprint density at radius 2 is 0.655 bits per heavy atom. The van der Waals surface area contributed by atoms with Crippen LogP contribution in [0.1, 0.15) is 290 Å². The molecule has 0 saturated heterocycles. The van der Waals surface area contributed by atoms with Crippen molar-refractivity contribution in [2.45, 2.75) is 296 Å². The summed E-state index contributed by atoms with van der Waals surface area (Å²) in [5.41, 5.74) is 5.40. The minimum Gasteiger partial charge on any atom is -0.462 e. The van der Waals surface area contributed by atoms with Gasteiger partial charge in [0.25, 0.3) is 0 Å². The van der Waals surface area contributed by atoms with Gasteiger partial charge in [-0.3, -0.25) is 18.6 Å². The molecule has 0 amide bonds. The third-order valence-electron chi connectivity index (χ3n) is 14.3. The Hall–Kier alpha value is -3.85. The number of esters is 2. The quantitative estimate of drug-likeness (QED) is 0.0264. The first kappa shape index (κ1) is 80.2. The van der Waals surface area contributed by atoms with Gasteiger partial charge in [0.15, 0.2) is 6.10 Å². The molecule has 0 aromatic heterocycles. The molecule has 0 aliphatic heterocycles. The molecular weight excluding hydrogens is 1060 g/mol. The van der Waals surface area contributed by atoms with Crippen LogP contribution in [0.5, 0.6) is 0 Å². The molecule has 0 saturated carbocycles. The molecule has 0 aliphatic carbocycles. The molecule has 0 spiro atoms. The molecule has 0 fully saturated rings. The summed E-state index contributed by atoms with van der Waals surface area (Å²) in [4.78, 5) is 35.3. The summed E-state index contributed by atoms with van der Waals surface area (Å²) in [6, 6.07) is 0. The van der Waals surface area contributed by atoms with Gasteiger partial charge in [-0.2, -0.15) is 0 Å². The van der Waals surface area contributed by atoms with E-state index in [2.05, 4.69) is 148 Å². The number of hydrogen-bond donors (Lipinski definition) is 2. The molecule has 0 radical (unpaired) electrons. The lowest BCUT2D eigenvalue weighted by Crippen LogP contribution is -2.29. The molecule has 0 aromatic rings. The number of hydrogen-bond acceptors (Lipinski definition) is 8. The molecule has 2 atom stereocenters. The first-order chi connectivity index (χ1) is 41.3. The standard InChI is InChI=1S/C74H126NO8P/c1-3-5-7-9-11-13-15-17-19-21-23-25-27-29-30-31-32-33-34-35-36-37-38-39-40-41-42-43-45-47-49-51-53-55-57-59-61-63-65-67-74(77)83-72(71-82-84(78,79)81-69-68-75)70-80-73(76)66-64-62-60-58-56-54-52-50-48-46-44-28-26-24-22-20-18-16-14-12-10-8-6-4-2/h5,7,11,13,17,19,23,25,29-30,32-33,35-36,38-39,41-42,45,47,51,53,72H,3-4,6,8-10,12,14-16,18,20-22,24,26-28,31,34,37,40,43-44,46,48-50,52,54-71,75H2,1-2H3,(H,78,79)/b7-5-,13-11-,19-17-,25-23-,30-29-,33-32-,36-35-,39-38-,42-41-,47-45-,53-51-. The first-order valence-electron chi connectivity index (χ1n) is 34.2. The highest BCUT2D eigenvalue weighted by Crippen LogP contribution is 2.43. The lowest BCUT2D eigenvalue weighted by molar-refractivity contribution is -0.161. The van der Waals surface area contributed by atoms with E-state index in [1.54, 1.807) is 0 Å². The number of carbonyl (C=O) groups is 2. The fourth-order valence-electron chi connectivity index (χ4n) is 9.29. The van der Waals surface area contributed by atoms with Crippen molar-refractivity contribution < 1.29 is 37.6 Å². The second-order valence-corrected chi connectivity index (χ2v) is 23.8. The van der Waals surface area contributed by atoms with Crippen LogP contribution in [0, 0.1) is 0 Å². The van der Waals surface area contributed by atoms with Crippen molar-refractivity contribution in [3.8, 4) is 0 Å². The number of rotatable bonds is 63. The average Bonchev–Trinajstić information content (AvgIpc) is 3.58. The maximum atomic E-state index is 12.7. The van der Waals surface area contributed by atoms with E-state index in [0.717, 1.165) is 122 Å². The van der Waals surface area contributed by atoms with Crippen LogP contribution in [0.15, 0.2) is 134 Å². The zero-order chi connectivity index (χ0) is 60.9. The SMILES string of the molecule is CC/C=C\C/C=C\C/C=C\C/C=C\C/C=C\C/C=C\C/C=C\C/C=C\C/C=C\C/C=C\C/C=C\CCCCCCCC(=O)OC(COC(=O)CCCCCCCCCCCCCCCCCCCCCCCCCC)COP(=O)(O)OCCN. The number of ether oxygens (including phenoxy) is 2. The summed E-state index contributed by atoms with van der Waals surface area (Å²) in [5, 5.41) is 0. The van der Waals surface area contributed by atoms with Crippen LogP contribution >= 0.6 is 7.82 Å². The van der Waals surface area contributed by atoms with Crippen LogP contribution in [0.2, 0.25) is 0 Å². The monoisotopic (exact) mass is 1190 g/mol. The van der Waals surface area contributed by atoms with Crippen LogP contribution < -0.4 is 5.73 Å². The number of unbranched alkanes of at least 4 members (excludes halogenated alkanes) is 28. The zero-order valence-electron chi connectivity index (χ0n) is 53.8. The summed E-state index contributed by atoms with van der Waals surface area (Å²) in [6.07, 6.45) is 96.8. The van der Waals surface area contributed by atoms with Gasteiger partial charge in [-0.05, 0) is 96.3 Å². The van der Waals surface area contributed by atoms with Crippen molar-refractivity contribution in [2.24, 2.45) is 5.73 Å². The van der Waals surface area contributed by atoms with Gasteiger partial charge in [0.1, 0.15) is 6.61 Å². The van der Waals surface area contributed by atoms with Gasteiger partial charge in [0.05, 0.1) is 13.2 Å². The van der Waals surface area contributed by atoms with Crippen LogP contribution in [0.25, 0.3) is 0 Å². The van der Waals surface area contributed by atoms with Gasteiger partial charge in [-0.1, -0.05) is 314 Å². The fraction of sp³-hybridized carbons (Fsp3) is 0.676. The zero-order valence-corrected chi connectivity index (χ0v) is 54.7. The highest BCUT2D eigenvalue weighted by atomic mass is 31.2. The summed E-state index contributed by atoms with van der Waals surface area (Å²) in [6.45, 7) is 3.63. The van der Waals surface area contributed by atoms with Gasteiger partial charge in [0, 0.05) is 19.4 Å². The van der Waals surface area contributed by atoms with E-state index < -0.39 is 26.5 Å². The summed E-state index contributed by atoms with van der Waals surface area (Å²) in [7, 11) is -4.41. The predicted molar refractivity (Wildman–Crippen MR) is 362 cm³/mol. The highest BCUT2D eigenvalue weighted by molar-refractivity contribution is 7.47. The largest absolute Gasteiger partial charge is 0.472 e. The third-order valence-corrected chi connectivity index (χ3v) is 15.3. The number of nitrogens with two attached hydrogens (primary N) is 1. The van der Waals surface area contributed by atoms with Crippen molar-refractivity contribution in [3.63, 3.8) is 0 Å². The second-order valence-electron chi connectivity index (χ2n) is 22.3. The van der Waals surface area contributed by atoms with E-state index in [9.17, 15) is 19.0 Å². The van der Waals surface area contributed by atoms with Gasteiger partial charge in [-0.25, -0.2) is 4.57 Å². The molecule has 2 unspecified atom stereocenters. The van der Waals surface area contributed by atoms with E-state index in [1.807, 2.05) is 0 Å². The van der Waals surface area contributed by atoms with Crippen LogP contribution in [0.4, 0.5) is 0 Å². The molecule has 84 heavy (non-hydrogen) atoms. The van der Waals surface area contributed by atoms with Gasteiger partial charge >= 0.3 is 19.8 Å². The Bertz CT molecular complexity index is 1840. The number of allylic oxidation sites excluding steroid dienone is 22. The molecule has 9 nitrogen and oxygen atoms in total. The minimum absolute atomic E-state index is 0.0449. The topological polar surface area (TPSA) is 134 Å². The van der Waals surface area contributed by atoms with E-state index in [4.69, 9.17) is 24.3 Å². The van der Waals surface area contributed by atoms with Crippen molar-refractivity contribution in [2.75, 3.05) is 26.4 Å². The molecule has 0 aromatic carbocycles. The molecule has 0 heterocycles. The minimum atomic E-state index is -4.41. The Balaban J connectivity index is 4.00. The lowest BCUT2D eigenvalue weighted by Gasteiger charge is -2.19. The molecule has 0 aliphatic rings. The highest BCUT2D eigenvalue weighted by Gasteiger charge is 2.26. The molecule has 0 bridgehead atoms. The van der Waals surface area contributed by atoms with Crippen molar-refractivity contribution in [1.82, 2.24) is 0 Å². The Labute approximate surface area is 516 Å². The van der Waals surface area contributed by atoms with E-state index in [1.165, 1.54) is 135 Å².